The van der Waals surface area contributed by atoms with Gasteiger partial charge in [-0.1, -0.05) is 23.2 Å². The first-order valence-corrected chi connectivity index (χ1v) is 8.85. The van der Waals surface area contributed by atoms with Crippen LogP contribution in [0.1, 0.15) is 27.8 Å². The molecule has 0 saturated carbocycles. The third kappa shape index (κ3) is 3.45. The molecule has 0 spiro atoms. The van der Waals surface area contributed by atoms with Crippen LogP contribution in [0.4, 0.5) is 0 Å². The van der Waals surface area contributed by atoms with E-state index in [-0.39, 0.29) is 5.91 Å². The lowest BCUT2D eigenvalue weighted by Gasteiger charge is -2.21. The van der Waals surface area contributed by atoms with Crippen LogP contribution in [0.25, 0.3) is 0 Å². The van der Waals surface area contributed by atoms with Crippen LogP contribution in [-0.2, 0) is 0 Å². The quantitative estimate of drug-likeness (QED) is 0.767. The van der Waals surface area contributed by atoms with E-state index in [9.17, 15) is 4.79 Å². The SMILES string of the molecule is O=C(c1cc(Cl)ccc1Cl)N1CCSC(c2ccco2)CC1. The molecular weight excluding hydrogens is 341 g/mol. The van der Waals surface area contributed by atoms with E-state index in [4.69, 9.17) is 27.6 Å². The van der Waals surface area contributed by atoms with Gasteiger partial charge in [0.05, 0.1) is 22.1 Å². The first kappa shape index (κ1) is 15.8. The molecule has 116 valence electrons. The van der Waals surface area contributed by atoms with E-state index in [0.29, 0.717) is 33.9 Å². The lowest BCUT2D eigenvalue weighted by atomic mass is 10.1. The number of halogens is 2. The number of rotatable bonds is 2. The van der Waals surface area contributed by atoms with Crippen molar-refractivity contribution in [1.29, 1.82) is 0 Å². The predicted octanol–water partition coefficient (Wildman–Crippen LogP) is 4.91. The van der Waals surface area contributed by atoms with Gasteiger partial charge in [-0.2, -0.15) is 0 Å². The highest BCUT2D eigenvalue weighted by molar-refractivity contribution is 7.99. The molecule has 0 radical (unpaired) electrons. The van der Waals surface area contributed by atoms with Crippen molar-refractivity contribution in [2.24, 2.45) is 0 Å². The number of hydrogen-bond donors (Lipinski definition) is 0. The Bertz CT molecular complexity index is 660. The molecular formula is C16H15Cl2NO2S. The number of nitrogens with zero attached hydrogens (tertiary/aromatic N) is 1. The van der Waals surface area contributed by atoms with Gasteiger partial charge in [0.15, 0.2) is 0 Å². The average molecular weight is 356 g/mol. The molecule has 1 amide bonds. The standard InChI is InChI=1S/C16H15Cl2NO2S/c17-11-3-4-13(18)12(10-11)16(20)19-6-5-15(22-9-7-19)14-2-1-8-21-14/h1-4,8,10,15H,5-7,9H2. The Kier molecular flexibility index (Phi) is 5.01. The summed E-state index contributed by atoms with van der Waals surface area (Å²) in [6.45, 7) is 1.38. The maximum absolute atomic E-state index is 12.7. The Morgan fingerprint density at radius 2 is 2.14 bits per heavy atom. The van der Waals surface area contributed by atoms with Crippen LogP contribution in [0.15, 0.2) is 41.0 Å². The van der Waals surface area contributed by atoms with Gasteiger partial charge >= 0.3 is 0 Å². The maximum atomic E-state index is 12.7. The summed E-state index contributed by atoms with van der Waals surface area (Å²) in [5, 5.41) is 1.25. The van der Waals surface area contributed by atoms with E-state index in [2.05, 4.69) is 0 Å². The minimum Gasteiger partial charge on any atom is -0.468 e. The van der Waals surface area contributed by atoms with Gasteiger partial charge in [-0.15, -0.1) is 11.8 Å². The molecule has 1 aliphatic heterocycles. The first-order valence-electron chi connectivity index (χ1n) is 7.04. The Balaban J connectivity index is 1.73. The fraction of sp³-hybridized carbons (Fsp3) is 0.312. The molecule has 1 fully saturated rings. The lowest BCUT2D eigenvalue weighted by molar-refractivity contribution is 0.0766. The van der Waals surface area contributed by atoms with Gasteiger partial charge in [0.1, 0.15) is 5.76 Å². The molecule has 3 nitrogen and oxygen atoms in total. The van der Waals surface area contributed by atoms with Crippen molar-refractivity contribution in [3.8, 4) is 0 Å². The smallest absolute Gasteiger partial charge is 0.255 e. The summed E-state index contributed by atoms with van der Waals surface area (Å²) in [4.78, 5) is 14.5. The highest BCUT2D eigenvalue weighted by Gasteiger charge is 2.25. The Morgan fingerprint density at radius 3 is 2.91 bits per heavy atom. The summed E-state index contributed by atoms with van der Waals surface area (Å²) in [6.07, 6.45) is 2.55. The third-order valence-electron chi connectivity index (χ3n) is 3.65. The lowest BCUT2D eigenvalue weighted by Crippen LogP contribution is -2.33. The fourth-order valence-electron chi connectivity index (χ4n) is 2.51. The average Bonchev–Trinajstić information content (AvgIpc) is 2.94. The highest BCUT2D eigenvalue weighted by atomic mass is 35.5. The zero-order valence-corrected chi connectivity index (χ0v) is 14.1. The number of thioether (sulfide) groups is 1. The van der Waals surface area contributed by atoms with Crippen molar-refractivity contribution in [3.05, 3.63) is 58.0 Å². The molecule has 0 aliphatic carbocycles. The van der Waals surface area contributed by atoms with E-state index < -0.39 is 0 Å². The van der Waals surface area contributed by atoms with Crippen LogP contribution in [0.2, 0.25) is 10.0 Å². The Hall–Kier alpha value is -1.10. The van der Waals surface area contributed by atoms with E-state index in [0.717, 1.165) is 17.9 Å². The summed E-state index contributed by atoms with van der Waals surface area (Å²) in [6, 6.07) is 8.87. The second-order valence-electron chi connectivity index (χ2n) is 5.08. The van der Waals surface area contributed by atoms with E-state index in [1.807, 2.05) is 28.8 Å². The topological polar surface area (TPSA) is 33.5 Å². The van der Waals surface area contributed by atoms with Gasteiger partial charge in [0.2, 0.25) is 0 Å². The normalized spacial score (nSPS) is 19.0. The molecule has 1 unspecified atom stereocenters. The van der Waals surface area contributed by atoms with Crippen molar-refractivity contribution >= 4 is 40.9 Å². The van der Waals surface area contributed by atoms with Crippen LogP contribution in [0.3, 0.4) is 0 Å². The van der Waals surface area contributed by atoms with Crippen LogP contribution >= 0.6 is 35.0 Å². The molecule has 1 atom stereocenters. The number of amides is 1. The summed E-state index contributed by atoms with van der Waals surface area (Å²) in [5.74, 6) is 1.78. The van der Waals surface area contributed by atoms with Gasteiger partial charge in [0.25, 0.3) is 5.91 Å². The molecule has 2 heterocycles. The second-order valence-corrected chi connectivity index (χ2v) is 7.23. The van der Waals surface area contributed by atoms with Gasteiger partial charge in [-0.25, -0.2) is 0 Å². The van der Waals surface area contributed by atoms with Crippen LogP contribution in [0.5, 0.6) is 0 Å². The summed E-state index contributed by atoms with van der Waals surface area (Å²) >= 11 is 13.9. The number of furan rings is 1. The van der Waals surface area contributed by atoms with Crippen molar-refractivity contribution in [2.75, 3.05) is 18.8 Å². The predicted molar refractivity (Wildman–Crippen MR) is 90.9 cm³/mol. The maximum Gasteiger partial charge on any atom is 0.255 e. The monoisotopic (exact) mass is 355 g/mol. The number of hydrogen-bond acceptors (Lipinski definition) is 3. The van der Waals surface area contributed by atoms with Crippen molar-refractivity contribution in [1.82, 2.24) is 4.90 Å². The third-order valence-corrected chi connectivity index (χ3v) is 5.50. The van der Waals surface area contributed by atoms with Crippen molar-refractivity contribution in [3.63, 3.8) is 0 Å². The molecule has 0 bridgehead atoms. The van der Waals surface area contributed by atoms with Gasteiger partial charge in [0, 0.05) is 23.9 Å². The van der Waals surface area contributed by atoms with E-state index in [1.165, 1.54) is 0 Å². The molecule has 3 rings (SSSR count). The Morgan fingerprint density at radius 1 is 1.27 bits per heavy atom. The van der Waals surface area contributed by atoms with Gasteiger partial charge in [-0.3, -0.25) is 4.79 Å². The second kappa shape index (κ2) is 6.99. The molecule has 2 aromatic rings. The highest BCUT2D eigenvalue weighted by Crippen LogP contribution is 2.35. The van der Waals surface area contributed by atoms with Gasteiger partial charge in [-0.05, 0) is 36.8 Å². The van der Waals surface area contributed by atoms with Crippen LogP contribution in [-0.4, -0.2) is 29.6 Å². The Labute approximate surface area is 143 Å². The van der Waals surface area contributed by atoms with Crippen molar-refractivity contribution < 1.29 is 9.21 Å². The zero-order valence-electron chi connectivity index (χ0n) is 11.8. The summed E-state index contributed by atoms with van der Waals surface area (Å²) in [7, 11) is 0. The first-order chi connectivity index (χ1) is 10.6. The molecule has 1 aromatic carbocycles. The molecule has 1 aliphatic rings. The molecule has 22 heavy (non-hydrogen) atoms. The summed E-state index contributed by atoms with van der Waals surface area (Å²) in [5.41, 5.74) is 0.468. The van der Waals surface area contributed by atoms with E-state index in [1.54, 1.807) is 24.5 Å². The molecule has 0 N–H and O–H groups in total. The summed E-state index contributed by atoms with van der Waals surface area (Å²) < 4.78 is 5.48. The minimum atomic E-state index is -0.0619. The number of carbonyl (C=O) groups is 1. The fourth-order valence-corrected chi connectivity index (χ4v) is 4.06. The molecule has 6 heteroatoms. The molecule has 1 saturated heterocycles. The van der Waals surface area contributed by atoms with Crippen LogP contribution < -0.4 is 0 Å². The molecule has 1 aromatic heterocycles. The van der Waals surface area contributed by atoms with Gasteiger partial charge < -0.3 is 9.32 Å². The number of carbonyl (C=O) groups excluding carboxylic acids is 1. The number of benzene rings is 1. The largest absolute Gasteiger partial charge is 0.468 e. The van der Waals surface area contributed by atoms with E-state index >= 15 is 0 Å². The minimum absolute atomic E-state index is 0.0619. The van der Waals surface area contributed by atoms with Crippen molar-refractivity contribution in [2.45, 2.75) is 11.7 Å². The van der Waals surface area contributed by atoms with Crippen LogP contribution in [0, 0.1) is 0 Å². The zero-order chi connectivity index (χ0) is 15.5.